The van der Waals surface area contributed by atoms with Crippen LogP contribution in [0.15, 0.2) is 36.5 Å². The van der Waals surface area contributed by atoms with Gasteiger partial charge in [-0.05, 0) is 31.2 Å². The number of hydrogen-bond acceptors (Lipinski definition) is 4. The second-order valence-electron chi connectivity index (χ2n) is 4.39. The number of thiocarbonyl (C=S) groups is 1. The third-order valence-corrected chi connectivity index (χ3v) is 3.13. The Kier molecular flexibility index (Phi) is 4.49. The second-order valence-corrected chi connectivity index (χ2v) is 4.83. The maximum absolute atomic E-state index is 12.3. The molecule has 6 heteroatoms. The van der Waals surface area contributed by atoms with Gasteiger partial charge in [-0.2, -0.15) is 0 Å². The van der Waals surface area contributed by atoms with Crippen LogP contribution in [-0.2, 0) is 0 Å². The summed E-state index contributed by atoms with van der Waals surface area (Å²) in [5, 5.41) is 2.80. The van der Waals surface area contributed by atoms with Crippen molar-refractivity contribution in [2.24, 2.45) is 5.73 Å². The van der Waals surface area contributed by atoms with E-state index in [1.54, 1.807) is 36.5 Å². The van der Waals surface area contributed by atoms with Crippen LogP contribution in [-0.4, -0.2) is 23.0 Å². The minimum absolute atomic E-state index is 0.190. The Hall–Kier alpha value is -2.47. The van der Waals surface area contributed by atoms with Crippen LogP contribution in [0.4, 0.5) is 5.69 Å². The van der Waals surface area contributed by atoms with Crippen molar-refractivity contribution in [3.63, 3.8) is 0 Å². The molecule has 0 radical (unpaired) electrons. The molecule has 108 valence electrons. The Morgan fingerprint density at radius 1 is 1.38 bits per heavy atom. The smallest absolute Gasteiger partial charge is 0.255 e. The molecular weight excluding hydrogens is 286 g/mol. The molecule has 5 nitrogen and oxygen atoms in total. The molecule has 0 fully saturated rings. The van der Waals surface area contributed by atoms with Gasteiger partial charge in [-0.25, -0.2) is 0 Å². The highest BCUT2D eigenvalue weighted by Crippen LogP contribution is 2.28. The lowest BCUT2D eigenvalue weighted by atomic mass is 10.1. The number of amides is 1. The molecule has 0 saturated carbocycles. The van der Waals surface area contributed by atoms with E-state index >= 15 is 0 Å². The number of aromatic nitrogens is 1. The normalized spacial score (nSPS) is 10.0. The van der Waals surface area contributed by atoms with Crippen molar-refractivity contribution in [2.75, 3.05) is 12.4 Å². The summed E-state index contributed by atoms with van der Waals surface area (Å²) in [4.78, 5) is 16.6. The van der Waals surface area contributed by atoms with E-state index in [4.69, 9.17) is 22.7 Å². The summed E-state index contributed by atoms with van der Waals surface area (Å²) >= 11 is 5.01. The topological polar surface area (TPSA) is 77.2 Å². The number of carbonyl (C=O) groups excluding carboxylic acids is 1. The van der Waals surface area contributed by atoms with Crippen molar-refractivity contribution >= 4 is 28.8 Å². The van der Waals surface area contributed by atoms with E-state index in [1.807, 2.05) is 6.92 Å². The van der Waals surface area contributed by atoms with E-state index in [0.717, 1.165) is 5.69 Å². The van der Waals surface area contributed by atoms with Gasteiger partial charge in [-0.15, -0.1) is 0 Å². The number of anilines is 1. The quantitative estimate of drug-likeness (QED) is 0.847. The number of nitrogens with zero attached hydrogens (tertiary/aromatic N) is 1. The highest BCUT2D eigenvalue weighted by Gasteiger charge is 2.15. The Morgan fingerprint density at radius 3 is 2.76 bits per heavy atom. The lowest BCUT2D eigenvalue weighted by Crippen LogP contribution is -2.18. The number of rotatable bonds is 4. The fourth-order valence-corrected chi connectivity index (χ4v) is 2.08. The first-order valence-corrected chi connectivity index (χ1v) is 6.64. The van der Waals surface area contributed by atoms with Crippen LogP contribution >= 0.6 is 12.2 Å². The van der Waals surface area contributed by atoms with Gasteiger partial charge in [0.25, 0.3) is 5.91 Å². The molecular formula is C15H15N3O2S. The number of hydrogen-bond donors (Lipinski definition) is 2. The molecule has 1 heterocycles. The second kappa shape index (κ2) is 6.32. The molecule has 0 saturated heterocycles. The number of methoxy groups -OCH3 is 1. The standard InChI is InChI=1S/C15H15N3O2S/c1-9-8-10(6-7-17-9)15(19)18-13-11(14(16)21)4-3-5-12(13)20-2/h3-8H,1-2H3,(H2,16,21)(H,18,19). The highest BCUT2D eigenvalue weighted by atomic mass is 32.1. The molecule has 2 aromatic rings. The summed E-state index contributed by atoms with van der Waals surface area (Å²) in [6, 6.07) is 8.57. The van der Waals surface area contributed by atoms with E-state index in [2.05, 4.69) is 10.3 Å². The van der Waals surface area contributed by atoms with Crippen LogP contribution < -0.4 is 15.8 Å². The van der Waals surface area contributed by atoms with Crippen LogP contribution in [0.1, 0.15) is 21.6 Å². The first kappa shape index (κ1) is 14.9. The molecule has 0 spiro atoms. The molecule has 0 aliphatic heterocycles. The van der Waals surface area contributed by atoms with Crippen LogP contribution in [0.5, 0.6) is 5.75 Å². The maximum Gasteiger partial charge on any atom is 0.255 e. The van der Waals surface area contributed by atoms with Gasteiger partial charge in [0, 0.05) is 23.0 Å². The van der Waals surface area contributed by atoms with Crippen LogP contribution in [0.25, 0.3) is 0 Å². The zero-order chi connectivity index (χ0) is 15.4. The minimum atomic E-state index is -0.275. The van der Waals surface area contributed by atoms with Gasteiger partial charge in [0.2, 0.25) is 0 Å². The molecule has 1 aromatic heterocycles. The van der Waals surface area contributed by atoms with E-state index in [-0.39, 0.29) is 10.9 Å². The summed E-state index contributed by atoms with van der Waals surface area (Å²) in [6.45, 7) is 1.82. The molecule has 0 aliphatic carbocycles. The van der Waals surface area contributed by atoms with Gasteiger partial charge >= 0.3 is 0 Å². The Bertz CT molecular complexity index is 701. The predicted molar refractivity (Wildman–Crippen MR) is 85.8 cm³/mol. The molecule has 3 N–H and O–H groups in total. The van der Waals surface area contributed by atoms with Crippen molar-refractivity contribution < 1.29 is 9.53 Å². The van der Waals surface area contributed by atoms with Gasteiger partial charge in [0.1, 0.15) is 10.7 Å². The SMILES string of the molecule is COc1cccc(C(N)=S)c1NC(=O)c1ccnc(C)c1. The van der Waals surface area contributed by atoms with Gasteiger partial charge in [-0.3, -0.25) is 9.78 Å². The summed E-state index contributed by atoms with van der Waals surface area (Å²) in [5.74, 6) is 0.224. The fourth-order valence-electron chi connectivity index (χ4n) is 1.91. The molecule has 1 aromatic carbocycles. The zero-order valence-electron chi connectivity index (χ0n) is 11.7. The van der Waals surface area contributed by atoms with E-state index in [0.29, 0.717) is 22.6 Å². The average Bonchev–Trinajstić information content (AvgIpc) is 2.47. The number of ether oxygens (including phenoxy) is 1. The minimum Gasteiger partial charge on any atom is -0.495 e. The molecule has 21 heavy (non-hydrogen) atoms. The highest BCUT2D eigenvalue weighted by molar-refractivity contribution is 7.80. The number of carbonyl (C=O) groups is 1. The van der Waals surface area contributed by atoms with Crippen molar-refractivity contribution in [3.05, 3.63) is 53.3 Å². The summed E-state index contributed by atoms with van der Waals surface area (Å²) < 4.78 is 5.25. The number of nitrogens with one attached hydrogen (secondary N) is 1. The van der Waals surface area contributed by atoms with Gasteiger partial charge < -0.3 is 15.8 Å². The lowest BCUT2D eigenvalue weighted by molar-refractivity contribution is 0.102. The Labute approximate surface area is 128 Å². The third-order valence-electron chi connectivity index (χ3n) is 2.91. The van der Waals surface area contributed by atoms with Crippen molar-refractivity contribution in [2.45, 2.75) is 6.92 Å². The largest absolute Gasteiger partial charge is 0.495 e. The Balaban J connectivity index is 2.39. The van der Waals surface area contributed by atoms with Crippen LogP contribution in [0.2, 0.25) is 0 Å². The predicted octanol–water partition coefficient (Wildman–Crippen LogP) is 2.29. The molecule has 0 atom stereocenters. The van der Waals surface area contributed by atoms with Gasteiger partial charge in [-0.1, -0.05) is 18.3 Å². The van der Waals surface area contributed by atoms with Crippen molar-refractivity contribution in [1.29, 1.82) is 0 Å². The van der Waals surface area contributed by atoms with Crippen LogP contribution in [0, 0.1) is 6.92 Å². The Morgan fingerprint density at radius 2 is 2.14 bits per heavy atom. The monoisotopic (exact) mass is 301 g/mol. The first-order chi connectivity index (χ1) is 10.0. The summed E-state index contributed by atoms with van der Waals surface area (Å²) in [5.41, 5.74) is 7.98. The molecule has 2 rings (SSSR count). The lowest BCUT2D eigenvalue weighted by Gasteiger charge is -2.14. The zero-order valence-corrected chi connectivity index (χ0v) is 12.5. The molecule has 0 unspecified atom stereocenters. The number of aryl methyl sites for hydroxylation is 1. The number of pyridine rings is 1. The fraction of sp³-hybridized carbons (Fsp3) is 0.133. The van der Waals surface area contributed by atoms with E-state index in [9.17, 15) is 4.79 Å². The third kappa shape index (κ3) is 3.35. The first-order valence-electron chi connectivity index (χ1n) is 6.23. The van der Waals surface area contributed by atoms with Crippen LogP contribution in [0.3, 0.4) is 0 Å². The number of para-hydroxylation sites is 1. The summed E-state index contributed by atoms with van der Waals surface area (Å²) in [6.07, 6.45) is 1.58. The van der Waals surface area contributed by atoms with Crippen molar-refractivity contribution in [1.82, 2.24) is 4.98 Å². The molecule has 1 amide bonds. The number of benzene rings is 1. The summed E-state index contributed by atoms with van der Waals surface area (Å²) in [7, 11) is 1.52. The average molecular weight is 301 g/mol. The molecule has 0 bridgehead atoms. The number of nitrogens with two attached hydrogens (primary N) is 1. The maximum atomic E-state index is 12.3. The van der Waals surface area contributed by atoms with Gasteiger partial charge in [0.05, 0.1) is 12.8 Å². The van der Waals surface area contributed by atoms with Crippen molar-refractivity contribution in [3.8, 4) is 5.75 Å². The molecule has 0 aliphatic rings. The van der Waals surface area contributed by atoms with Gasteiger partial charge in [0.15, 0.2) is 0 Å². The van der Waals surface area contributed by atoms with E-state index in [1.165, 1.54) is 7.11 Å². The van der Waals surface area contributed by atoms with E-state index < -0.39 is 0 Å².